The van der Waals surface area contributed by atoms with Gasteiger partial charge in [0.2, 0.25) is 0 Å². The third kappa shape index (κ3) is 5.11. The van der Waals surface area contributed by atoms with Gasteiger partial charge >= 0.3 is 0 Å². The smallest absolute Gasteiger partial charge is 0.0409 e. The molecule has 0 fully saturated rings. The number of hydrogen-bond acceptors (Lipinski definition) is 1. The summed E-state index contributed by atoms with van der Waals surface area (Å²) in [6.07, 6.45) is 12.9. The van der Waals surface area contributed by atoms with Crippen LogP contribution in [0.4, 0.5) is 0 Å². The molecule has 88 valence electrons. The maximum atomic E-state index is 4.37. The molecule has 1 heteroatoms. The summed E-state index contributed by atoms with van der Waals surface area (Å²) >= 11 is 0. The molecule has 0 aromatic carbocycles. The average molecular weight is 217 g/mol. The molecule has 1 aromatic rings. The van der Waals surface area contributed by atoms with Crippen LogP contribution in [0.2, 0.25) is 0 Å². The highest BCUT2D eigenvalue weighted by atomic mass is 14.7. The molecule has 0 amide bonds. The van der Waals surface area contributed by atoms with Crippen LogP contribution in [0.3, 0.4) is 0 Å². The molecule has 1 rings (SSSR count). The second-order valence-corrected chi connectivity index (χ2v) is 4.30. The molecular weight excluding hydrogens is 194 g/mol. The SMILES string of the molecule is C=Cc1ccnc(CCCCCCCC)c1. The van der Waals surface area contributed by atoms with Gasteiger partial charge in [-0.25, -0.2) is 0 Å². The Kier molecular flexibility index (Phi) is 6.55. The van der Waals surface area contributed by atoms with Crippen molar-refractivity contribution in [2.75, 3.05) is 0 Å². The summed E-state index contributed by atoms with van der Waals surface area (Å²) in [7, 11) is 0. The van der Waals surface area contributed by atoms with Crippen molar-refractivity contribution < 1.29 is 0 Å². The molecule has 1 nitrogen and oxygen atoms in total. The van der Waals surface area contributed by atoms with Crippen molar-refractivity contribution in [3.8, 4) is 0 Å². The predicted octanol–water partition coefficient (Wildman–Crippen LogP) is 4.63. The lowest BCUT2D eigenvalue weighted by Gasteiger charge is -2.02. The molecule has 0 unspecified atom stereocenters. The highest BCUT2D eigenvalue weighted by Gasteiger charge is 1.96. The second kappa shape index (κ2) is 8.09. The molecular formula is C15H23N. The van der Waals surface area contributed by atoms with Gasteiger partial charge in [-0.2, -0.15) is 0 Å². The summed E-state index contributed by atoms with van der Waals surface area (Å²) in [6, 6.07) is 4.14. The summed E-state index contributed by atoms with van der Waals surface area (Å²) in [5.74, 6) is 0. The van der Waals surface area contributed by atoms with E-state index >= 15 is 0 Å². The highest BCUT2D eigenvalue weighted by molar-refractivity contribution is 5.46. The van der Waals surface area contributed by atoms with Crippen LogP contribution >= 0.6 is 0 Å². The topological polar surface area (TPSA) is 12.9 Å². The molecule has 0 atom stereocenters. The maximum absolute atomic E-state index is 4.37. The second-order valence-electron chi connectivity index (χ2n) is 4.30. The van der Waals surface area contributed by atoms with Gasteiger partial charge < -0.3 is 0 Å². The first kappa shape index (κ1) is 13.0. The lowest BCUT2D eigenvalue weighted by atomic mass is 10.1. The van der Waals surface area contributed by atoms with Crippen LogP contribution in [-0.4, -0.2) is 4.98 Å². The van der Waals surface area contributed by atoms with Crippen molar-refractivity contribution >= 4 is 6.08 Å². The Bertz CT molecular complexity index is 304. The van der Waals surface area contributed by atoms with Crippen LogP contribution < -0.4 is 0 Å². The number of nitrogens with zero attached hydrogens (tertiary/aromatic N) is 1. The standard InChI is InChI=1S/C15H23N/c1-3-5-6-7-8-9-10-15-13-14(4-2)11-12-16-15/h4,11-13H,2-3,5-10H2,1H3. The number of hydrogen-bond donors (Lipinski definition) is 0. The zero-order chi connectivity index (χ0) is 11.6. The number of rotatable bonds is 8. The van der Waals surface area contributed by atoms with Gasteiger partial charge in [-0.15, -0.1) is 0 Å². The fourth-order valence-electron chi connectivity index (χ4n) is 1.85. The van der Waals surface area contributed by atoms with E-state index in [9.17, 15) is 0 Å². The van der Waals surface area contributed by atoms with Crippen LogP contribution in [0.25, 0.3) is 6.08 Å². The van der Waals surface area contributed by atoms with Crippen LogP contribution in [-0.2, 0) is 6.42 Å². The van der Waals surface area contributed by atoms with E-state index in [-0.39, 0.29) is 0 Å². The summed E-state index contributed by atoms with van der Waals surface area (Å²) in [4.78, 5) is 4.37. The van der Waals surface area contributed by atoms with Gasteiger partial charge in [-0.1, -0.05) is 51.7 Å². The number of pyridine rings is 1. The minimum atomic E-state index is 1.10. The molecule has 16 heavy (non-hydrogen) atoms. The van der Waals surface area contributed by atoms with Crippen LogP contribution in [0.5, 0.6) is 0 Å². The quantitative estimate of drug-likeness (QED) is 0.579. The van der Waals surface area contributed by atoms with Crippen molar-refractivity contribution in [2.24, 2.45) is 0 Å². The van der Waals surface area contributed by atoms with E-state index < -0.39 is 0 Å². The van der Waals surface area contributed by atoms with Crippen LogP contribution in [0.15, 0.2) is 24.9 Å². The fraction of sp³-hybridized carbons (Fsp3) is 0.533. The third-order valence-corrected chi connectivity index (χ3v) is 2.86. The molecule has 0 aliphatic heterocycles. The van der Waals surface area contributed by atoms with Crippen LogP contribution in [0, 0.1) is 0 Å². The van der Waals surface area contributed by atoms with Crippen molar-refractivity contribution in [3.63, 3.8) is 0 Å². The summed E-state index contributed by atoms with van der Waals surface area (Å²) in [6.45, 7) is 6.03. The third-order valence-electron chi connectivity index (χ3n) is 2.86. The zero-order valence-electron chi connectivity index (χ0n) is 10.4. The molecule has 0 radical (unpaired) electrons. The minimum Gasteiger partial charge on any atom is -0.261 e. The molecule has 0 bridgehead atoms. The van der Waals surface area contributed by atoms with Crippen LogP contribution in [0.1, 0.15) is 56.7 Å². The van der Waals surface area contributed by atoms with E-state index in [1.807, 2.05) is 18.3 Å². The predicted molar refractivity (Wildman–Crippen MR) is 71.4 cm³/mol. The van der Waals surface area contributed by atoms with Crippen molar-refractivity contribution in [2.45, 2.75) is 51.9 Å². The van der Waals surface area contributed by atoms with E-state index in [4.69, 9.17) is 0 Å². The maximum Gasteiger partial charge on any atom is 0.0409 e. The highest BCUT2D eigenvalue weighted by Crippen LogP contribution is 2.10. The van der Waals surface area contributed by atoms with Gasteiger partial charge in [0.15, 0.2) is 0 Å². The van der Waals surface area contributed by atoms with Gasteiger partial charge in [-0.3, -0.25) is 4.98 Å². The van der Waals surface area contributed by atoms with E-state index in [0.717, 1.165) is 6.42 Å². The first-order chi connectivity index (χ1) is 7.86. The Hall–Kier alpha value is -1.11. The summed E-state index contributed by atoms with van der Waals surface area (Å²) < 4.78 is 0. The molecule has 0 saturated heterocycles. The van der Waals surface area contributed by atoms with Crippen molar-refractivity contribution in [1.82, 2.24) is 4.98 Å². The van der Waals surface area contributed by atoms with Crippen molar-refractivity contribution in [1.29, 1.82) is 0 Å². The summed E-state index contributed by atoms with van der Waals surface area (Å²) in [5.41, 5.74) is 2.38. The Balaban J connectivity index is 2.18. The normalized spacial score (nSPS) is 10.3. The fourth-order valence-corrected chi connectivity index (χ4v) is 1.85. The van der Waals surface area contributed by atoms with E-state index in [2.05, 4.69) is 24.6 Å². The summed E-state index contributed by atoms with van der Waals surface area (Å²) in [5, 5.41) is 0. The Morgan fingerprint density at radius 3 is 2.69 bits per heavy atom. The molecule has 0 N–H and O–H groups in total. The molecule has 0 spiro atoms. The Labute approximate surface area is 99.6 Å². The van der Waals surface area contributed by atoms with Gasteiger partial charge in [0.05, 0.1) is 0 Å². The van der Waals surface area contributed by atoms with E-state index in [0.29, 0.717) is 0 Å². The van der Waals surface area contributed by atoms with E-state index in [1.54, 1.807) is 0 Å². The lowest BCUT2D eigenvalue weighted by Crippen LogP contribution is -1.91. The molecule has 1 aromatic heterocycles. The number of aryl methyl sites for hydroxylation is 1. The first-order valence-corrected chi connectivity index (χ1v) is 6.44. The monoisotopic (exact) mass is 217 g/mol. The number of unbranched alkanes of at least 4 members (excludes halogenated alkanes) is 5. The zero-order valence-corrected chi connectivity index (χ0v) is 10.4. The van der Waals surface area contributed by atoms with Gasteiger partial charge in [0.1, 0.15) is 0 Å². The van der Waals surface area contributed by atoms with E-state index in [1.165, 1.54) is 49.8 Å². The molecule has 0 aliphatic rings. The Morgan fingerprint density at radius 1 is 1.19 bits per heavy atom. The van der Waals surface area contributed by atoms with Crippen molar-refractivity contribution in [3.05, 3.63) is 36.2 Å². The Morgan fingerprint density at radius 2 is 1.94 bits per heavy atom. The average Bonchev–Trinajstić information content (AvgIpc) is 2.34. The van der Waals surface area contributed by atoms with Gasteiger partial charge in [0.25, 0.3) is 0 Å². The number of aromatic nitrogens is 1. The van der Waals surface area contributed by atoms with Gasteiger partial charge in [0, 0.05) is 11.9 Å². The van der Waals surface area contributed by atoms with Gasteiger partial charge in [-0.05, 0) is 30.5 Å². The first-order valence-electron chi connectivity index (χ1n) is 6.44. The molecule has 0 aliphatic carbocycles. The molecule has 1 heterocycles. The lowest BCUT2D eigenvalue weighted by molar-refractivity contribution is 0.604. The molecule has 0 saturated carbocycles. The largest absolute Gasteiger partial charge is 0.261 e. The minimum absolute atomic E-state index is 1.10.